The quantitative estimate of drug-likeness (QED) is 0.0262. The molecule has 0 bridgehead atoms. The van der Waals surface area contributed by atoms with E-state index in [1.165, 1.54) is 161 Å². The zero-order valence-electron chi connectivity index (χ0n) is 43.3. The SMILES string of the molecule is CCCCC/C=C\C/C=C\C/C=C\CCCCCCCCC(=O)OCC(COC(=O)CCCCCCCCCCCCCCCC)OC(=O)CCCCCCC/C=C\CCCCCCC. The van der Waals surface area contributed by atoms with Crippen molar-refractivity contribution in [2.45, 2.75) is 297 Å². The number of hydrogen-bond acceptors (Lipinski definition) is 6. The molecule has 0 aromatic rings. The topological polar surface area (TPSA) is 78.9 Å². The summed E-state index contributed by atoms with van der Waals surface area (Å²) in [7, 11) is 0. The molecule has 378 valence electrons. The van der Waals surface area contributed by atoms with Crippen LogP contribution in [0.2, 0.25) is 0 Å². The van der Waals surface area contributed by atoms with E-state index in [2.05, 4.69) is 69.4 Å². The first-order chi connectivity index (χ1) is 32.0. The van der Waals surface area contributed by atoms with Gasteiger partial charge in [0.15, 0.2) is 6.10 Å². The van der Waals surface area contributed by atoms with Crippen molar-refractivity contribution in [1.29, 1.82) is 0 Å². The Balaban J connectivity index is 4.37. The van der Waals surface area contributed by atoms with Crippen LogP contribution in [-0.2, 0) is 28.6 Å². The fourth-order valence-electron chi connectivity index (χ4n) is 8.03. The molecule has 65 heavy (non-hydrogen) atoms. The third-order valence-electron chi connectivity index (χ3n) is 12.3. The van der Waals surface area contributed by atoms with Crippen LogP contribution in [-0.4, -0.2) is 37.2 Å². The number of hydrogen-bond donors (Lipinski definition) is 0. The van der Waals surface area contributed by atoms with E-state index in [1.54, 1.807) is 0 Å². The summed E-state index contributed by atoms with van der Waals surface area (Å²) in [5.41, 5.74) is 0. The molecule has 0 rings (SSSR count). The zero-order chi connectivity index (χ0) is 47.2. The van der Waals surface area contributed by atoms with Gasteiger partial charge in [0.1, 0.15) is 13.2 Å². The van der Waals surface area contributed by atoms with E-state index in [9.17, 15) is 14.4 Å². The molecule has 0 radical (unpaired) electrons. The molecule has 0 spiro atoms. The van der Waals surface area contributed by atoms with Crippen molar-refractivity contribution in [1.82, 2.24) is 0 Å². The van der Waals surface area contributed by atoms with Gasteiger partial charge in [-0.05, 0) is 83.5 Å². The van der Waals surface area contributed by atoms with Gasteiger partial charge in [0, 0.05) is 19.3 Å². The zero-order valence-corrected chi connectivity index (χ0v) is 43.3. The summed E-state index contributed by atoms with van der Waals surface area (Å²) in [6.07, 6.45) is 65.2. The van der Waals surface area contributed by atoms with Crippen LogP contribution in [0.25, 0.3) is 0 Å². The molecule has 1 atom stereocenters. The Morgan fingerprint density at radius 1 is 0.308 bits per heavy atom. The van der Waals surface area contributed by atoms with Gasteiger partial charge in [0.05, 0.1) is 0 Å². The van der Waals surface area contributed by atoms with Gasteiger partial charge in [-0.3, -0.25) is 14.4 Å². The molecule has 0 N–H and O–H groups in total. The summed E-state index contributed by atoms with van der Waals surface area (Å²) in [6.45, 7) is 6.61. The molecule has 0 aromatic carbocycles. The predicted molar refractivity (Wildman–Crippen MR) is 279 cm³/mol. The molecule has 0 amide bonds. The van der Waals surface area contributed by atoms with Gasteiger partial charge in [-0.25, -0.2) is 0 Å². The van der Waals surface area contributed by atoms with Crippen LogP contribution < -0.4 is 0 Å². The highest BCUT2D eigenvalue weighted by molar-refractivity contribution is 5.71. The minimum atomic E-state index is -0.780. The maximum absolute atomic E-state index is 12.8. The average Bonchev–Trinajstić information content (AvgIpc) is 3.30. The summed E-state index contributed by atoms with van der Waals surface area (Å²) in [5.74, 6) is -0.887. The maximum atomic E-state index is 12.8. The van der Waals surface area contributed by atoms with Gasteiger partial charge in [-0.1, -0.05) is 236 Å². The third-order valence-corrected chi connectivity index (χ3v) is 12.3. The lowest BCUT2D eigenvalue weighted by Gasteiger charge is -2.18. The number of carbonyl (C=O) groups excluding carboxylic acids is 3. The van der Waals surface area contributed by atoms with E-state index in [1.807, 2.05) is 0 Å². The highest BCUT2D eigenvalue weighted by Gasteiger charge is 2.19. The lowest BCUT2D eigenvalue weighted by atomic mass is 10.0. The number of unbranched alkanes of at least 4 members (excludes halogenated alkanes) is 32. The van der Waals surface area contributed by atoms with Crippen LogP contribution in [0.15, 0.2) is 48.6 Å². The highest BCUT2D eigenvalue weighted by Crippen LogP contribution is 2.16. The first-order valence-electron chi connectivity index (χ1n) is 28.1. The van der Waals surface area contributed by atoms with Crippen LogP contribution in [0.3, 0.4) is 0 Å². The first-order valence-corrected chi connectivity index (χ1v) is 28.1. The summed E-state index contributed by atoms with van der Waals surface area (Å²) >= 11 is 0. The van der Waals surface area contributed by atoms with Gasteiger partial charge in [0.25, 0.3) is 0 Å². The van der Waals surface area contributed by atoms with Gasteiger partial charge in [-0.2, -0.15) is 0 Å². The predicted octanol–water partition coefficient (Wildman–Crippen LogP) is 18.7. The smallest absolute Gasteiger partial charge is 0.306 e. The van der Waals surface area contributed by atoms with E-state index in [4.69, 9.17) is 14.2 Å². The second-order valence-corrected chi connectivity index (χ2v) is 18.8. The van der Waals surface area contributed by atoms with Gasteiger partial charge in [-0.15, -0.1) is 0 Å². The van der Waals surface area contributed by atoms with Crippen molar-refractivity contribution in [2.75, 3.05) is 13.2 Å². The molecule has 0 aliphatic heterocycles. The molecule has 6 nitrogen and oxygen atoms in total. The number of esters is 3. The molecule has 0 saturated heterocycles. The summed E-state index contributed by atoms with van der Waals surface area (Å²) < 4.78 is 16.8. The summed E-state index contributed by atoms with van der Waals surface area (Å²) in [5, 5.41) is 0. The van der Waals surface area contributed by atoms with Crippen LogP contribution >= 0.6 is 0 Å². The van der Waals surface area contributed by atoms with Crippen molar-refractivity contribution in [3.63, 3.8) is 0 Å². The molecule has 0 fully saturated rings. The van der Waals surface area contributed by atoms with E-state index in [0.29, 0.717) is 19.3 Å². The van der Waals surface area contributed by atoms with Crippen LogP contribution in [0, 0.1) is 0 Å². The Labute approximate surface area is 403 Å². The molecular weight excluding hydrogens is 805 g/mol. The third kappa shape index (κ3) is 52.2. The second kappa shape index (κ2) is 54.0. The Bertz CT molecular complexity index is 1140. The van der Waals surface area contributed by atoms with Gasteiger partial charge < -0.3 is 14.2 Å². The van der Waals surface area contributed by atoms with Crippen molar-refractivity contribution < 1.29 is 28.6 Å². The molecule has 0 aliphatic rings. The van der Waals surface area contributed by atoms with Crippen LogP contribution in [0.1, 0.15) is 290 Å². The molecular formula is C59H106O6. The fourth-order valence-corrected chi connectivity index (χ4v) is 8.03. The van der Waals surface area contributed by atoms with Crippen molar-refractivity contribution in [3.8, 4) is 0 Å². The Morgan fingerprint density at radius 2 is 0.554 bits per heavy atom. The Hall–Kier alpha value is -2.63. The molecule has 0 aliphatic carbocycles. The lowest BCUT2D eigenvalue weighted by Crippen LogP contribution is -2.30. The molecule has 0 saturated carbocycles. The van der Waals surface area contributed by atoms with E-state index in [-0.39, 0.29) is 31.1 Å². The fraction of sp³-hybridized carbons (Fsp3) is 0.814. The van der Waals surface area contributed by atoms with E-state index in [0.717, 1.165) is 89.9 Å². The van der Waals surface area contributed by atoms with Crippen LogP contribution in [0.4, 0.5) is 0 Å². The Kier molecular flexibility index (Phi) is 51.8. The molecule has 6 heteroatoms. The normalized spacial score (nSPS) is 12.4. The van der Waals surface area contributed by atoms with Crippen LogP contribution in [0.5, 0.6) is 0 Å². The van der Waals surface area contributed by atoms with E-state index >= 15 is 0 Å². The number of rotatable bonds is 51. The largest absolute Gasteiger partial charge is 0.462 e. The standard InChI is InChI=1S/C59H106O6/c1-4-7-10-13-16-19-22-25-28-29-30-31-32-35-37-40-43-46-49-52-58(61)64-55-56(65-59(62)53-50-47-44-41-38-34-27-24-21-18-15-12-9-6-3)54-63-57(60)51-48-45-42-39-36-33-26-23-20-17-14-11-8-5-2/h16,19,24-25,27-28,30-31,56H,4-15,17-18,20-23,26,29,32-55H2,1-3H3/b19-16-,27-24-,28-25-,31-30-. The number of allylic oxidation sites excluding steroid dienone is 8. The molecule has 0 heterocycles. The monoisotopic (exact) mass is 911 g/mol. The minimum absolute atomic E-state index is 0.0779. The van der Waals surface area contributed by atoms with Gasteiger partial charge in [0.2, 0.25) is 0 Å². The lowest BCUT2D eigenvalue weighted by molar-refractivity contribution is -0.167. The average molecular weight is 911 g/mol. The number of ether oxygens (including phenoxy) is 3. The summed E-state index contributed by atoms with van der Waals surface area (Å²) in [4.78, 5) is 38.1. The maximum Gasteiger partial charge on any atom is 0.306 e. The van der Waals surface area contributed by atoms with Crippen molar-refractivity contribution in [2.24, 2.45) is 0 Å². The first kappa shape index (κ1) is 62.4. The second-order valence-electron chi connectivity index (χ2n) is 18.8. The van der Waals surface area contributed by atoms with Crippen molar-refractivity contribution >= 4 is 17.9 Å². The minimum Gasteiger partial charge on any atom is -0.462 e. The Morgan fingerprint density at radius 3 is 0.908 bits per heavy atom. The molecule has 0 aromatic heterocycles. The van der Waals surface area contributed by atoms with Gasteiger partial charge >= 0.3 is 17.9 Å². The van der Waals surface area contributed by atoms with E-state index < -0.39 is 6.10 Å². The molecule has 1 unspecified atom stereocenters. The highest BCUT2D eigenvalue weighted by atomic mass is 16.6. The van der Waals surface area contributed by atoms with Crippen molar-refractivity contribution in [3.05, 3.63) is 48.6 Å². The number of carbonyl (C=O) groups is 3. The summed E-state index contributed by atoms with van der Waals surface area (Å²) in [6, 6.07) is 0.